The number of nitrogens with one attached hydrogen (secondary N) is 2. The highest BCUT2D eigenvalue weighted by molar-refractivity contribution is 6.40. The van der Waals surface area contributed by atoms with Gasteiger partial charge in [-0.25, -0.2) is 14.4 Å². The number of anilines is 2. The van der Waals surface area contributed by atoms with Crippen LogP contribution in [0.1, 0.15) is 52.5 Å². The van der Waals surface area contributed by atoms with Crippen LogP contribution in [0.25, 0.3) is 21.5 Å². The molecule has 278 valence electrons. The molecule has 0 aliphatic carbocycles. The molecule has 13 heteroatoms. The number of esters is 1. The van der Waals surface area contributed by atoms with Crippen LogP contribution in [0.5, 0.6) is 5.75 Å². The summed E-state index contributed by atoms with van der Waals surface area (Å²) in [7, 11) is 1.32. The molecule has 0 aromatic heterocycles. The molecule has 0 heterocycles. The zero-order valence-corrected chi connectivity index (χ0v) is 29.7. The van der Waals surface area contributed by atoms with Crippen molar-refractivity contribution < 1.29 is 48.5 Å². The molecule has 0 radical (unpaired) electrons. The number of hydrogen-bond acceptors (Lipinski definition) is 8. The van der Waals surface area contributed by atoms with Gasteiger partial charge in [-0.15, -0.1) is 0 Å². The molecule has 3 amide bonds. The highest BCUT2D eigenvalue weighted by atomic mass is 16.5. The number of nitrogens with zero attached hydrogens (tertiary/aromatic N) is 1. The van der Waals surface area contributed by atoms with Crippen LogP contribution >= 0.6 is 0 Å². The molecule has 0 aliphatic heterocycles. The molecule has 0 aliphatic rings. The Kier molecular flexibility index (Phi) is 12.6. The zero-order valence-electron chi connectivity index (χ0n) is 29.7. The molecule has 5 rings (SSSR count). The van der Waals surface area contributed by atoms with Gasteiger partial charge in [-0.1, -0.05) is 66.7 Å². The van der Waals surface area contributed by atoms with E-state index in [0.717, 1.165) is 15.7 Å². The largest absolute Gasteiger partial charge is 0.493 e. The molecular weight excluding hydrogens is 694 g/mol. The van der Waals surface area contributed by atoms with Gasteiger partial charge in [-0.2, -0.15) is 0 Å². The average molecular weight is 734 g/mol. The number of unbranched alkanes of at least 4 members (excludes halogenated alkanes) is 2. The minimum atomic E-state index is -1.78. The van der Waals surface area contributed by atoms with Crippen molar-refractivity contribution in [2.75, 3.05) is 25.2 Å². The zero-order chi connectivity index (χ0) is 38.8. The van der Waals surface area contributed by atoms with Crippen molar-refractivity contribution >= 4 is 68.5 Å². The van der Waals surface area contributed by atoms with Crippen LogP contribution in [-0.2, 0) is 30.3 Å². The lowest BCUT2D eigenvalue weighted by molar-refractivity contribution is -0.148. The maximum Gasteiger partial charge on any atom is 0.395 e. The van der Waals surface area contributed by atoms with Crippen molar-refractivity contribution in [2.24, 2.45) is 0 Å². The summed E-state index contributed by atoms with van der Waals surface area (Å²) in [5.74, 6) is -5.38. The molecule has 0 unspecified atom stereocenters. The first-order valence-corrected chi connectivity index (χ1v) is 17.2. The van der Waals surface area contributed by atoms with E-state index in [9.17, 15) is 39.0 Å². The third kappa shape index (κ3) is 8.99. The maximum absolute atomic E-state index is 13.4. The Hall–Kier alpha value is -6.76. The molecule has 0 spiro atoms. The fourth-order valence-electron chi connectivity index (χ4n) is 6.22. The summed E-state index contributed by atoms with van der Waals surface area (Å²) in [5.41, 5.74) is 0.686. The van der Waals surface area contributed by atoms with Crippen LogP contribution in [0.4, 0.5) is 11.4 Å². The van der Waals surface area contributed by atoms with Crippen LogP contribution in [-0.4, -0.2) is 72.1 Å². The van der Waals surface area contributed by atoms with E-state index in [1.807, 2.05) is 30.3 Å². The molecule has 4 N–H and O–H groups in total. The van der Waals surface area contributed by atoms with E-state index in [2.05, 4.69) is 10.6 Å². The number of carboxylic acid groups (broad SMARTS) is 2. The second-order valence-corrected chi connectivity index (χ2v) is 12.4. The van der Waals surface area contributed by atoms with Gasteiger partial charge in [-0.05, 0) is 71.3 Å². The van der Waals surface area contributed by atoms with E-state index >= 15 is 0 Å². The highest BCUT2D eigenvalue weighted by Crippen LogP contribution is 2.36. The number of amides is 3. The SMILES string of the molecule is COC(=O)c1cc2ccccc2cc1OCCCCCNC(=O)[C@H](Cc1ccc(N(C(=O)C(=O)O)c2ccccc2C(=O)O)c2ccccc12)NC(C)=O. The molecular formula is C41H39N3O10. The number of aromatic carboxylic acids is 1. The van der Waals surface area contributed by atoms with Crippen molar-refractivity contribution in [3.05, 3.63) is 114 Å². The monoisotopic (exact) mass is 733 g/mol. The molecule has 0 bridgehead atoms. The van der Waals surface area contributed by atoms with E-state index < -0.39 is 41.7 Å². The third-order valence-electron chi connectivity index (χ3n) is 8.74. The fraction of sp³-hybridized carbons (Fsp3) is 0.220. The van der Waals surface area contributed by atoms with Gasteiger partial charge in [0.1, 0.15) is 17.4 Å². The summed E-state index contributed by atoms with van der Waals surface area (Å²) < 4.78 is 10.9. The molecule has 5 aromatic carbocycles. The van der Waals surface area contributed by atoms with Crippen molar-refractivity contribution in [3.63, 3.8) is 0 Å². The first-order valence-electron chi connectivity index (χ1n) is 17.2. The summed E-state index contributed by atoms with van der Waals surface area (Å²) in [5, 5.41) is 27.9. The first-order chi connectivity index (χ1) is 26.0. The molecule has 1 atom stereocenters. The number of ether oxygens (including phenoxy) is 2. The van der Waals surface area contributed by atoms with Crippen LogP contribution in [0.2, 0.25) is 0 Å². The van der Waals surface area contributed by atoms with Gasteiger partial charge in [0, 0.05) is 25.3 Å². The van der Waals surface area contributed by atoms with Crippen LogP contribution < -0.4 is 20.3 Å². The van der Waals surface area contributed by atoms with Crippen molar-refractivity contribution in [1.82, 2.24) is 10.6 Å². The Balaban J connectivity index is 1.26. The predicted molar refractivity (Wildman–Crippen MR) is 201 cm³/mol. The summed E-state index contributed by atoms with van der Waals surface area (Å²) in [6.07, 6.45) is 2.03. The number of fused-ring (bicyclic) bond motifs is 2. The Bertz CT molecular complexity index is 2230. The average Bonchev–Trinajstić information content (AvgIpc) is 3.17. The number of rotatable bonds is 15. The quantitative estimate of drug-likeness (QED) is 0.0596. The van der Waals surface area contributed by atoms with Crippen molar-refractivity contribution in [1.29, 1.82) is 0 Å². The van der Waals surface area contributed by atoms with Crippen molar-refractivity contribution in [3.8, 4) is 5.75 Å². The fourth-order valence-corrected chi connectivity index (χ4v) is 6.22. The van der Waals surface area contributed by atoms with E-state index in [-0.39, 0.29) is 23.4 Å². The van der Waals surface area contributed by atoms with E-state index in [0.29, 0.717) is 60.1 Å². The summed E-state index contributed by atoms with van der Waals surface area (Å²) in [6, 6.07) is 25.7. The lowest BCUT2D eigenvalue weighted by Crippen LogP contribution is -2.47. The molecule has 54 heavy (non-hydrogen) atoms. The molecule has 0 fully saturated rings. The Labute approximate surface area is 310 Å². The first kappa shape index (κ1) is 38.5. The number of carbonyl (C=O) groups is 6. The second kappa shape index (κ2) is 17.6. The summed E-state index contributed by atoms with van der Waals surface area (Å²) in [4.78, 5) is 75.9. The molecule has 5 aromatic rings. The van der Waals surface area contributed by atoms with Gasteiger partial charge in [0.15, 0.2) is 0 Å². The van der Waals surface area contributed by atoms with Gasteiger partial charge in [0.05, 0.1) is 30.7 Å². The van der Waals surface area contributed by atoms with Gasteiger partial charge < -0.3 is 30.3 Å². The van der Waals surface area contributed by atoms with E-state index in [1.165, 1.54) is 44.4 Å². The summed E-state index contributed by atoms with van der Waals surface area (Å²) in [6.45, 7) is 1.97. The summed E-state index contributed by atoms with van der Waals surface area (Å²) >= 11 is 0. The maximum atomic E-state index is 13.4. The lowest BCUT2D eigenvalue weighted by Gasteiger charge is -2.25. The topological polar surface area (TPSA) is 189 Å². The number of para-hydroxylation sites is 1. The Morgan fingerprint density at radius 3 is 2.09 bits per heavy atom. The van der Waals surface area contributed by atoms with Gasteiger partial charge >= 0.3 is 23.8 Å². The molecule has 0 saturated carbocycles. The van der Waals surface area contributed by atoms with Crippen molar-refractivity contribution in [2.45, 2.75) is 38.6 Å². The third-order valence-corrected chi connectivity index (χ3v) is 8.74. The number of benzene rings is 5. The second-order valence-electron chi connectivity index (χ2n) is 12.4. The predicted octanol–water partition coefficient (Wildman–Crippen LogP) is 5.64. The van der Waals surface area contributed by atoms with Crippen LogP contribution in [0, 0.1) is 0 Å². The smallest absolute Gasteiger partial charge is 0.395 e. The van der Waals surface area contributed by atoms with Crippen LogP contribution in [0.3, 0.4) is 0 Å². The Morgan fingerprint density at radius 2 is 1.41 bits per heavy atom. The van der Waals surface area contributed by atoms with E-state index in [1.54, 1.807) is 36.4 Å². The standard InChI is InChI=1S/C41H39N3O10/c1-25(45)43-33(37(46)42-20-10-3-11-21-54-36-24-27-13-5-4-12-26(27)22-32(36)41(52)53-2)23-28-18-19-35(30-15-7-6-14-29(28)30)44(38(47)40(50)51)34-17-9-8-16-31(34)39(48)49/h4-9,12-19,22,24,33H,3,10-11,20-21,23H2,1-2H3,(H,42,46)(H,43,45)(H,48,49)(H,50,51)/t33-/m0/s1. The molecule has 0 saturated heterocycles. The van der Waals surface area contributed by atoms with Crippen LogP contribution in [0.15, 0.2) is 97.1 Å². The Morgan fingerprint density at radius 1 is 0.741 bits per heavy atom. The highest BCUT2D eigenvalue weighted by Gasteiger charge is 2.30. The minimum Gasteiger partial charge on any atom is -0.493 e. The number of hydrogen-bond donors (Lipinski definition) is 4. The molecule has 13 nitrogen and oxygen atoms in total. The van der Waals surface area contributed by atoms with Gasteiger partial charge in [0.25, 0.3) is 0 Å². The number of carboxylic acids is 2. The van der Waals surface area contributed by atoms with Gasteiger partial charge in [0.2, 0.25) is 11.8 Å². The van der Waals surface area contributed by atoms with E-state index in [4.69, 9.17) is 9.47 Å². The lowest BCUT2D eigenvalue weighted by atomic mass is 9.96. The van der Waals surface area contributed by atoms with Gasteiger partial charge in [-0.3, -0.25) is 19.3 Å². The minimum absolute atomic E-state index is 0.0624. The number of aliphatic carboxylic acids is 1. The number of methoxy groups -OCH3 is 1. The normalized spacial score (nSPS) is 11.4. The number of carbonyl (C=O) groups excluding carboxylic acids is 4.